The minimum atomic E-state index is -0.730. The lowest BCUT2D eigenvalue weighted by Crippen LogP contribution is -2.32. The number of nitrogens with zero attached hydrogens (tertiary/aromatic N) is 1. The summed E-state index contributed by atoms with van der Waals surface area (Å²) < 4.78 is 12.2. The van der Waals surface area contributed by atoms with Crippen LogP contribution in [-0.4, -0.2) is 34.2 Å². The van der Waals surface area contributed by atoms with Gasteiger partial charge >= 0.3 is 0 Å². The largest absolute Gasteiger partial charge is 0.299 e. The molecule has 4 heteroatoms. The maximum Gasteiger partial charge on any atom is 0.0385 e. The zero-order valence-electron chi connectivity index (χ0n) is 9.94. The molecule has 1 aromatic carbocycles. The Hall–Kier alpha value is -0.190. The number of rotatable bonds is 5. The quantitative estimate of drug-likeness (QED) is 0.833. The first-order valence-electron chi connectivity index (χ1n) is 5.23. The Morgan fingerprint density at radius 2 is 2.19 bits per heavy atom. The molecule has 90 valence electrons. The summed E-state index contributed by atoms with van der Waals surface area (Å²) >= 11 is 3.46. The van der Waals surface area contributed by atoms with E-state index in [0.29, 0.717) is 6.04 Å². The minimum Gasteiger partial charge on any atom is -0.299 e. The van der Waals surface area contributed by atoms with Gasteiger partial charge in [-0.25, -0.2) is 0 Å². The molecule has 0 aliphatic heterocycles. The van der Waals surface area contributed by atoms with Crippen molar-refractivity contribution in [2.75, 3.05) is 19.1 Å². The smallest absolute Gasteiger partial charge is 0.0385 e. The summed E-state index contributed by atoms with van der Waals surface area (Å²) in [6.07, 6.45) is 1.75. The minimum absolute atomic E-state index is 0.338. The van der Waals surface area contributed by atoms with Crippen molar-refractivity contribution < 1.29 is 4.21 Å². The van der Waals surface area contributed by atoms with Crippen LogP contribution in [0.3, 0.4) is 0 Å². The average molecular weight is 304 g/mol. The molecule has 1 aromatic rings. The van der Waals surface area contributed by atoms with E-state index in [1.54, 1.807) is 6.26 Å². The third kappa shape index (κ3) is 4.76. The molecule has 0 aliphatic rings. The van der Waals surface area contributed by atoms with Crippen LogP contribution in [0.15, 0.2) is 28.7 Å². The molecule has 0 amide bonds. The van der Waals surface area contributed by atoms with E-state index in [9.17, 15) is 4.21 Å². The van der Waals surface area contributed by atoms with E-state index >= 15 is 0 Å². The maximum atomic E-state index is 11.1. The number of halogens is 1. The Bertz CT molecular complexity index is 370. The molecule has 0 bridgehead atoms. The number of hydrogen-bond acceptors (Lipinski definition) is 2. The van der Waals surface area contributed by atoms with Gasteiger partial charge in [0.25, 0.3) is 0 Å². The normalized spacial score (nSPS) is 15.1. The second-order valence-corrected chi connectivity index (χ2v) is 6.53. The van der Waals surface area contributed by atoms with E-state index in [0.717, 1.165) is 16.8 Å². The Kier molecular flexibility index (Phi) is 5.66. The average Bonchev–Trinajstić information content (AvgIpc) is 2.16. The monoisotopic (exact) mass is 303 g/mol. The van der Waals surface area contributed by atoms with Crippen molar-refractivity contribution in [3.63, 3.8) is 0 Å². The van der Waals surface area contributed by atoms with Gasteiger partial charge in [0, 0.05) is 39.9 Å². The van der Waals surface area contributed by atoms with Gasteiger partial charge in [0.1, 0.15) is 0 Å². The van der Waals surface area contributed by atoms with E-state index in [2.05, 4.69) is 46.9 Å². The maximum absolute atomic E-state index is 11.1. The van der Waals surface area contributed by atoms with Crippen molar-refractivity contribution in [1.29, 1.82) is 0 Å². The third-order valence-corrected chi connectivity index (χ3v) is 3.99. The van der Waals surface area contributed by atoms with Crippen LogP contribution in [0.2, 0.25) is 0 Å². The first-order valence-corrected chi connectivity index (χ1v) is 7.75. The van der Waals surface area contributed by atoms with Gasteiger partial charge in [-0.2, -0.15) is 0 Å². The van der Waals surface area contributed by atoms with Crippen molar-refractivity contribution >= 4 is 26.7 Å². The van der Waals surface area contributed by atoms with Crippen LogP contribution < -0.4 is 0 Å². The molecule has 0 aliphatic carbocycles. The Morgan fingerprint density at radius 1 is 1.50 bits per heavy atom. The lowest BCUT2D eigenvalue weighted by atomic mass is 10.2. The molecule has 0 heterocycles. The van der Waals surface area contributed by atoms with Gasteiger partial charge in [-0.3, -0.25) is 9.11 Å². The molecule has 0 aromatic heterocycles. The topological polar surface area (TPSA) is 20.3 Å². The van der Waals surface area contributed by atoms with Gasteiger partial charge in [-0.15, -0.1) is 0 Å². The molecule has 0 saturated heterocycles. The van der Waals surface area contributed by atoms with E-state index in [1.807, 2.05) is 12.1 Å². The molecule has 16 heavy (non-hydrogen) atoms. The highest BCUT2D eigenvalue weighted by Gasteiger charge is 2.11. The SMILES string of the molecule is C[C@H](C[S@@](C)=O)N(C)Cc1cccc(Br)c1. The molecule has 0 unspecified atom stereocenters. The molecular weight excluding hydrogens is 286 g/mol. The molecular formula is C12H18BrNOS. The van der Waals surface area contributed by atoms with Gasteiger partial charge in [0.05, 0.1) is 0 Å². The lowest BCUT2D eigenvalue weighted by molar-refractivity contribution is 0.268. The first kappa shape index (κ1) is 13.9. The van der Waals surface area contributed by atoms with Crippen molar-refractivity contribution in [1.82, 2.24) is 4.90 Å². The fourth-order valence-corrected chi connectivity index (χ4v) is 2.93. The molecule has 2 atom stereocenters. The molecule has 0 fully saturated rings. The van der Waals surface area contributed by atoms with Crippen LogP contribution in [0, 0.1) is 0 Å². The molecule has 0 N–H and O–H groups in total. The Labute approximate surface area is 109 Å². The highest BCUT2D eigenvalue weighted by Crippen LogP contribution is 2.14. The summed E-state index contributed by atoms with van der Waals surface area (Å²) in [7, 11) is 1.34. The van der Waals surface area contributed by atoms with Crippen LogP contribution in [0.4, 0.5) is 0 Å². The van der Waals surface area contributed by atoms with E-state index < -0.39 is 10.8 Å². The van der Waals surface area contributed by atoms with Crippen LogP contribution >= 0.6 is 15.9 Å². The zero-order valence-corrected chi connectivity index (χ0v) is 12.3. The van der Waals surface area contributed by atoms with Gasteiger partial charge < -0.3 is 0 Å². The molecule has 1 rings (SSSR count). The van der Waals surface area contributed by atoms with Gasteiger partial charge in [-0.05, 0) is 31.7 Å². The van der Waals surface area contributed by atoms with Crippen molar-refractivity contribution in [2.24, 2.45) is 0 Å². The fraction of sp³-hybridized carbons (Fsp3) is 0.500. The fourth-order valence-electron chi connectivity index (χ4n) is 1.55. The predicted octanol–water partition coefficient (Wildman–Crippen LogP) is 2.65. The molecule has 2 nitrogen and oxygen atoms in total. The van der Waals surface area contributed by atoms with Crippen LogP contribution in [0.5, 0.6) is 0 Å². The molecule has 0 saturated carbocycles. The summed E-state index contributed by atoms with van der Waals surface area (Å²) in [5, 5.41) is 0. The number of hydrogen-bond donors (Lipinski definition) is 0. The lowest BCUT2D eigenvalue weighted by Gasteiger charge is -2.23. The van der Waals surface area contributed by atoms with Gasteiger partial charge in [0.15, 0.2) is 0 Å². The van der Waals surface area contributed by atoms with Crippen molar-refractivity contribution in [3.8, 4) is 0 Å². The third-order valence-electron chi connectivity index (χ3n) is 2.55. The summed E-state index contributed by atoms with van der Waals surface area (Å²) in [4.78, 5) is 2.23. The summed E-state index contributed by atoms with van der Waals surface area (Å²) in [5.74, 6) is 0.727. The Balaban J connectivity index is 2.56. The van der Waals surface area contributed by atoms with E-state index in [-0.39, 0.29) is 0 Å². The van der Waals surface area contributed by atoms with Crippen molar-refractivity contribution in [3.05, 3.63) is 34.3 Å². The predicted molar refractivity (Wildman–Crippen MR) is 74.0 cm³/mol. The van der Waals surface area contributed by atoms with Gasteiger partial charge in [0.2, 0.25) is 0 Å². The van der Waals surface area contributed by atoms with Crippen molar-refractivity contribution in [2.45, 2.75) is 19.5 Å². The van der Waals surface area contributed by atoms with E-state index in [1.165, 1.54) is 5.56 Å². The highest BCUT2D eigenvalue weighted by atomic mass is 79.9. The van der Waals surface area contributed by atoms with Crippen LogP contribution in [0.25, 0.3) is 0 Å². The summed E-state index contributed by atoms with van der Waals surface area (Å²) in [5.41, 5.74) is 1.27. The second-order valence-electron chi connectivity index (χ2n) is 4.13. The summed E-state index contributed by atoms with van der Waals surface area (Å²) in [6.45, 7) is 3.00. The van der Waals surface area contributed by atoms with Crippen LogP contribution in [0.1, 0.15) is 12.5 Å². The zero-order chi connectivity index (χ0) is 12.1. The Morgan fingerprint density at radius 3 is 2.75 bits per heavy atom. The highest BCUT2D eigenvalue weighted by molar-refractivity contribution is 9.10. The summed E-state index contributed by atoms with van der Waals surface area (Å²) in [6, 6.07) is 8.62. The number of benzene rings is 1. The standard InChI is InChI=1S/C12H18BrNOS/c1-10(9-16(3)15)14(2)8-11-5-4-6-12(13)7-11/h4-7,10H,8-9H2,1-3H3/t10-,16-/m1/s1. The van der Waals surface area contributed by atoms with Crippen LogP contribution in [-0.2, 0) is 17.3 Å². The molecule has 0 radical (unpaired) electrons. The van der Waals surface area contributed by atoms with Gasteiger partial charge in [-0.1, -0.05) is 28.1 Å². The second kappa shape index (κ2) is 6.52. The first-order chi connectivity index (χ1) is 7.49. The molecule has 0 spiro atoms. The van der Waals surface area contributed by atoms with E-state index in [4.69, 9.17) is 0 Å².